The highest BCUT2D eigenvalue weighted by Crippen LogP contribution is 2.21. The molecule has 0 bridgehead atoms. The van der Waals surface area contributed by atoms with Crippen molar-refractivity contribution in [2.75, 3.05) is 30.5 Å². The lowest BCUT2D eigenvalue weighted by Crippen LogP contribution is -2.34. The van der Waals surface area contributed by atoms with Crippen LogP contribution < -0.4 is 16.0 Å². The minimum atomic E-state index is -0.766. The van der Waals surface area contributed by atoms with Crippen LogP contribution in [0.3, 0.4) is 0 Å². The van der Waals surface area contributed by atoms with Gasteiger partial charge in [-0.2, -0.15) is 4.99 Å². The van der Waals surface area contributed by atoms with Crippen molar-refractivity contribution in [3.05, 3.63) is 83.8 Å². The number of fused-ring (bicyclic) bond motifs is 1. The Hall–Kier alpha value is -5.26. The Labute approximate surface area is 236 Å². The number of ether oxygens (including phenoxy) is 2. The molecule has 212 valence electrons. The third-order valence-electron chi connectivity index (χ3n) is 6.25. The molecule has 0 aliphatic heterocycles. The Kier molecular flexibility index (Phi) is 9.25. The first-order chi connectivity index (χ1) is 19.8. The van der Waals surface area contributed by atoms with Crippen LogP contribution in [-0.4, -0.2) is 58.6 Å². The predicted octanol–water partition coefficient (Wildman–Crippen LogP) is 3.65. The Balaban J connectivity index is 1.50. The molecule has 0 aliphatic rings. The lowest BCUT2D eigenvalue weighted by atomic mass is 10.1. The van der Waals surface area contributed by atoms with E-state index in [0.717, 1.165) is 17.0 Å². The molecular weight excluding hydrogens is 526 g/mol. The second kappa shape index (κ2) is 13.2. The topological polar surface area (TPSA) is 154 Å². The number of nitrogens with two attached hydrogens (primary N) is 1. The summed E-state index contributed by atoms with van der Waals surface area (Å²) < 4.78 is 11.5. The molecule has 0 aliphatic carbocycles. The van der Waals surface area contributed by atoms with Crippen molar-refractivity contribution in [1.82, 2.24) is 14.5 Å². The summed E-state index contributed by atoms with van der Waals surface area (Å²) in [5.41, 5.74) is 9.18. The number of benzene rings is 2. The van der Waals surface area contributed by atoms with Gasteiger partial charge in [-0.25, -0.2) is 14.8 Å². The average molecular weight is 558 g/mol. The molecule has 0 saturated heterocycles. The van der Waals surface area contributed by atoms with E-state index in [1.165, 1.54) is 12.0 Å². The van der Waals surface area contributed by atoms with Crippen LogP contribution in [0.5, 0.6) is 0 Å². The van der Waals surface area contributed by atoms with Crippen molar-refractivity contribution in [2.24, 2.45) is 17.8 Å². The monoisotopic (exact) mass is 557 g/mol. The van der Waals surface area contributed by atoms with Gasteiger partial charge in [-0.15, -0.1) is 0 Å². The van der Waals surface area contributed by atoms with Crippen molar-refractivity contribution in [3.8, 4) is 0 Å². The largest absolute Gasteiger partial charge is 0.466 e. The quantitative estimate of drug-likeness (QED) is 0.169. The molecule has 2 heterocycles. The SMILES string of the molecule is CCOC(=O)CCN(C(=O)c1ccc2c(c1)nc(CNc1ccc(/C(N)=N\C(=O)OC)cc1)n2C)c1ccccn1. The summed E-state index contributed by atoms with van der Waals surface area (Å²) in [4.78, 5) is 51.0. The van der Waals surface area contributed by atoms with Gasteiger partial charge in [0.15, 0.2) is 0 Å². The normalized spacial score (nSPS) is 11.2. The molecule has 3 N–H and O–H groups in total. The number of carbonyl (C=O) groups is 3. The van der Waals surface area contributed by atoms with Crippen LogP contribution >= 0.6 is 0 Å². The van der Waals surface area contributed by atoms with Crippen LogP contribution in [0.4, 0.5) is 16.3 Å². The number of hydrogen-bond donors (Lipinski definition) is 2. The van der Waals surface area contributed by atoms with E-state index in [2.05, 4.69) is 20.0 Å². The Bertz CT molecular complexity index is 1570. The number of rotatable bonds is 10. The number of aryl methyl sites for hydroxylation is 1. The maximum atomic E-state index is 13.6. The highest BCUT2D eigenvalue weighted by Gasteiger charge is 2.21. The van der Waals surface area contributed by atoms with Gasteiger partial charge in [-0.3, -0.25) is 14.5 Å². The number of pyridine rings is 1. The summed E-state index contributed by atoms with van der Waals surface area (Å²) in [7, 11) is 3.14. The zero-order valence-electron chi connectivity index (χ0n) is 23.0. The first kappa shape index (κ1) is 28.7. The van der Waals surface area contributed by atoms with Gasteiger partial charge in [0, 0.05) is 36.6 Å². The first-order valence-electron chi connectivity index (χ1n) is 12.9. The van der Waals surface area contributed by atoms with E-state index in [4.69, 9.17) is 15.5 Å². The van der Waals surface area contributed by atoms with Gasteiger partial charge < -0.3 is 25.1 Å². The van der Waals surface area contributed by atoms with Gasteiger partial charge >= 0.3 is 12.1 Å². The summed E-state index contributed by atoms with van der Waals surface area (Å²) in [5.74, 6) is 0.578. The lowest BCUT2D eigenvalue weighted by molar-refractivity contribution is -0.142. The van der Waals surface area contributed by atoms with Crippen molar-refractivity contribution >= 4 is 46.3 Å². The standard InChI is InChI=1S/C29H31N7O5/c1-4-41-26(37)14-16-36(24-7-5-6-15-31-24)28(38)20-10-13-23-22(17-20)33-25(35(23)2)18-32-21-11-8-19(9-12-21)27(30)34-29(39)40-3/h5-13,15,17,32H,4,14,16,18H2,1-3H3,(H2,30,34,39). The minimum Gasteiger partial charge on any atom is -0.466 e. The second-order valence-electron chi connectivity index (χ2n) is 8.89. The van der Waals surface area contributed by atoms with Gasteiger partial charge in [0.25, 0.3) is 5.91 Å². The summed E-state index contributed by atoms with van der Waals surface area (Å²) in [6.07, 6.45) is 0.876. The van der Waals surface area contributed by atoms with Crippen LogP contribution in [0.1, 0.15) is 35.1 Å². The van der Waals surface area contributed by atoms with Gasteiger partial charge in [-0.05, 0) is 61.5 Å². The smallest absolute Gasteiger partial charge is 0.435 e. The summed E-state index contributed by atoms with van der Waals surface area (Å²) in [6.45, 7) is 2.56. The number of aliphatic imine (C=N–C) groups is 1. The molecule has 4 aromatic rings. The molecule has 0 fully saturated rings. The van der Waals surface area contributed by atoms with Gasteiger partial charge in [-0.1, -0.05) is 6.07 Å². The van der Waals surface area contributed by atoms with Crippen LogP contribution in [0.2, 0.25) is 0 Å². The molecule has 2 aromatic carbocycles. The molecule has 0 radical (unpaired) electrons. The van der Waals surface area contributed by atoms with Crippen LogP contribution in [0, 0.1) is 0 Å². The number of anilines is 2. The van der Waals surface area contributed by atoms with E-state index in [-0.39, 0.29) is 37.3 Å². The van der Waals surface area contributed by atoms with Crippen molar-refractivity contribution in [1.29, 1.82) is 0 Å². The molecule has 0 atom stereocenters. The molecule has 2 amide bonds. The molecule has 12 heteroatoms. The van der Waals surface area contributed by atoms with Gasteiger partial charge in [0.05, 0.1) is 37.7 Å². The lowest BCUT2D eigenvalue weighted by Gasteiger charge is -2.21. The number of methoxy groups -OCH3 is 1. The maximum Gasteiger partial charge on any atom is 0.435 e. The number of hydrogen-bond acceptors (Lipinski definition) is 8. The first-order valence-corrected chi connectivity index (χ1v) is 12.9. The van der Waals surface area contributed by atoms with E-state index < -0.39 is 6.09 Å². The fourth-order valence-corrected chi connectivity index (χ4v) is 4.11. The molecule has 0 unspecified atom stereocenters. The number of amides is 2. The Morgan fingerprint density at radius 1 is 1.07 bits per heavy atom. The van der Waals surface area contributed by atoms with E-state index in [1.807, 2.05) is 29.8 Å². The average Bonchev–Trinajstić information content (AvgIpc) is 3.31. The minimum absolute atomic E-state index is 0.0451. The highest BCUT2D eigenvalue weighted by atomic mass is 16.5. The molecule has 0 spiro atoms. The number of esters is 1. The highest BCUT2D eigenvalue weighted by molar-refractivity contribution is 6.07. The summed E-state index contributed by atoms with van der Waals surface area (Å²) in [5, 5.41) is 3.31. The second-order valence-corrected chi connectivity index (χ2v) is 8.89. The van der Waals surface area contributed by atoms with Crippen LogP contribution in [0.25, 0.3) is 11.0 Å². The summed E-state index contributed by atoms with van der Waals surface area (Å²) in [6, 6.07) is 17.7. The molecule has 2 aromatic heterocycles. The molecule has 12 nitrogen and oxygen atoms in total. The predicted molar refractivity (Wildman–Crippen MR) is 155 cm³/mol. The van der Waals surface area contributed by atoms with Crippen molar-refractivity contribution in [3.63, 3.8) is 0 Å². The third-order valence-corrected chi connectivity index (χ3v) is 6.25. The number of nitrogens with zero attached hydrogens (tertiary/aromatic N) is 5. The molecular formula is C29H31N7O5. The number of amidine groups is 1. The molecule has 0 saturated carbocycles. The molecule has 4 rings (SSSR count). The van der Waals surface area contributed by atoms with E-state index in [9.17, 15) is 14.4 Å². The fraction of sp³-hybridized carbons (Fsp3) is 0.241. The number of imidazole rings is 1. The van der Waals surface area contributed by atoms with E-state index in [0.29, 0.717) is 29.0 Å². The number of aromatic nitrogens is 3. The zero-order valence-corrected chi connectivity index (χ0v) is 23.0. The van der Waals surface area contributed by atoms with Gasteiger partial charge in [0.2, 0.25) is 0 Å². The van der Waals surface area contributed by atoms with Gasteiger partial charge in [0.1, 0.15) is 17.5 Å². The van der Waals surface area contributed by atoms with E-state index in [1.54, 1.807) is 55.6 Å². The Morgan fingerprint density at radius 2 is 1.83 bits per heavy atom. The van der Waals surface area contributed by atoms with E-state index >= 15 is 0 Å². The van der Waals surface area contributed by atoms with Crippen molar-refractivity contribution in [2.45, 2.75) is 19.9 Å². The Morgan fingerprint density at radius 3 is 2.51 bits per heavy atom. The van der Waals surface area contributed by atoms with Crippen LogP contribution in [-0.2, 0) is 27.9 Å². The fourth-order valence-electron chi connectivity index (χ4n) is 4.11. The van der Waals surface area contributed by atoms with Crippen LogP contribution in [0.15, 0.2) is 71.9 Å². The number of nitrogens with one attached hydrogen (secondary N) is 1. The zero-order chi connectivity index (χ0) is 29.4. The number of carbonyl (C=O) groups excluding carboxylic acids is 3. The van der Waals surface area contributed by atoms with Crippen molar-refractivity contribution < 1.29 is 23.9 Å². The molecule has 41 heavy (non-hydrogen) atoms. The maximum absolute atomic E-state index is 13.6. The summed E-state index contributed by atoms with van der Waals surface area (Å²) >= 11 is 0. The third kappa shape index (κ3) is 7.04.